The van der Waals surface area contributed by atoms with E-state index >= 15 is 0 Å². The molecule has 0 bridgehead atoms. The van der Waals surface area contributed by atoms with Crippen LogP contribution < -0.4 is 20.3 Å². The number of ether oxygens (including phenoxy) is 2. The van der Waals surface area contributed by atoms with Crippen molar-refractivity contribution in [2.24, 2.45) is 0 Å². The molecule has 0 aromatic heterocycles. The predicted molar refractivity (Wildman–Crippen MR) is 79.3 cm³/mol. The first-order valence-electron chi connectivity index (χ1n) is 7.02. The monoisotopic (exact) mass is 294 g/mol. The summed E-state index contributed by atoms with van der Waals surface area (Å²) in [6.07, 6.45) is 1.97. The van der Waals surface area contributed by atoms with Crippen LogP contribution in [0.5, 0.6) is 11.5 Å². The minimum atomic E-state index is -0.403. The van der Waals surface area contributed by atoms with Crippen LogP contribution in [0.15, 0.2) is 18.2 Å². The minimum absolute atomic E-state index is 0.222. The van der Waals surface area contributed by atoms with E-state index in [-0.39, 0.29) is 5.91 Å². The van der Waals surface area contributed by atoms with Crippen molar-refractivity contribution in [3.63, 3.8) is 0 Å². The number of carbonyl (C=O) groups is 2. The maximum atomic E-state index is 11.9. The van der Waals surface area contributed by atoms with Crippen LogP contribution in [-0.2, 0) is 4.79 Å². The van der Waals surface area contributed by atoms with Crippen molar-refractivity contribution < 1.29 is 19.1 Å². The van der Waals surface area contributed by atoms with Gasteiger partial charge >= 0.3 is 0 Å². The van der Waals surface area contributed by atoms with Crippen molar-refractivity contribution in [2.75, 3.05) is 13.7 Å². The van der Waals surface area contributed by atoms with Crippen molar-refractivity contribution in [2.45, 2.75) is 33.1 Å². The topological polar surface area (TPSA) is 76.7 Å². The van der Waals surface area contributed by atoms with Gasteiger partial charge in [-0.15, -0.1) is 0 Å². The summed E-state index contributed by atoms with van der Waals surface area (Å²) in [5.41, 5.74) is 5.10. The highest BCUT2D eigenvalue weighted by Gasteiger charge is 2.11. The smallest absolute Gasteiger partial charge is 0.269 e. The third kappa shape index (κ3) is 5.33. The number of hydrazine groups is 1. The van der Waals surface area contributed by atoms with Gasteiger partial charge in [0.2, 0.25) is 5.91 Å². The Balaban J connectivity index is 2.70. The lowest BCUT2D eigenvalue weighted by Gasteiger charge is -2.12. The first-order chi connectivity index (χ1) is 10.1. The molecule has 0 aliphatic heterocycles. The zero-order chi connectivity index (χ0) is 15.7. The van der Waals surface area contributed by atoms with Crippen molar-refractivity contribution in [3.05, 3.63) is 23.8 Å². The van der Waals surface area contributed by atoms with Crippen LogP contribution in [0, 0.1) is 0 Å². The molecule has 0 saturated heterocycles. The maximum Gasteiger partial charge on any atom is 0.269 e. The molecular formula is C15H22N2O4. The van der Waals surface area contributed by atoms with Gasteiger partial charge in [0, 0.05) is 12.0 Å². The molecule has 1 rings (SSSR count). The average molecular weight is 294 g/mol. The van der Waals surface area contributed by atoms with Gasteiger partial charge in [-0.05, 0) is 31.0 Å². The number of benzene rings is 1. The fourth-order valence-electron chi connectivity index (χ4n) is 1.63. The minimum Gasteiger partial charge on any atom is -0.493 e. The highest BCUT2D eigenvalue weighted by atomic mass is 16.5. The Morgan fingerprint density at radius 3 is 2.48 bits per heavy atom. The van der Waals surface area contributed by atoms with Gasteiger partial charge in [-0.3, -0.25) is 20.4 Å². The Morgan fingerprint density at radius 2 is 1.86 bits per heavy atom. The second kappa shape index (κ2) is 8.84. The highest BCUT2D eigenvalue weighted by molar-refractivity contribution is 5.96. The molecule has 0 spiro atoms. The van der Waals surface area contributed by atoms with Crippen molar-refractivity contribution >= 4 is 11.8 Å². The Labute approximate surface area is 124 Å². The lowest BCUT2D eigenvalue weighted by Crippen LogP contribution is -2.41. The summed E-state index contributed by atoms with van der Waals surface area (Å²) in [5.74, 6) is 0.447. The fraction of sp³-hybridized carbons (Fsp3) is 0.467. The molecule has 6 nitrogen and oxygen atoms in total. The number of carbonyl (C=O) groups excluding carboxylic acids is 2. The van der Waals surface area contributed by atoms with Gasteiger partial charge in [-0.2, -0.15) is 0 Å². The summed E-state index contributed by atoms with van der Waals surface area (Å²) in [7, 11) is 1.51. The summed E-state index contributed by atoms with van der Waals surface area (Å²) in [5, 5.41) is 0. The summed E-state index contributed by atoms with van der Waals surface area (Å²) in [6, 6.07) is 4.87. The Kier molecular flexibility index (Phi) is 7.08. The second-order valence-electron chi connectivity index (χ2n) is 4.47. The van der Waals surface area contributed by atoms with E-state index in [1.807, 2.05) is 13.8 Å². The number of hydrogen-bond acceptors (Lipinski definition) is 4. The molecule has 0 heterocycles. The Hall–Kier alpha value is -2.24. The molecule has 116 valence electrons. The van der Waals surface area contributed by atoms with Gasteiger partial charge in [0.1, 0.15) is 0 Å². The summed E-state index contributed by atoms with van der Waals surface area (Å²) < 4.78 is 10.7. The highest BCUT2D eigenvalue weighted by Crippen LogP contribution is 2.28. The molecule has 0 aliphatic carbocycles. The lowest BCUT2D eigenvalue weighted by molar-refractivity contribution is -0.121. The number of methoxy groups -OCH3 is 1. The summed E-state index contributed by atoms with van der Waals surface area (Å²) in [6.45, 7) is 4.48. The molecule has 0 fully saturated rings. The van der Waals surface area contributed by atoms with E-state index in [1.54, 1.807) is 18.2 Å². The summed E-state index contributed by atoms with van der Waals surface area (Å²) >= 11 is 0. The third-order valence-corrected chi connectivity index (χ3v) is 2.68. The van der Waals surface area contributed by atoms with Gasteiger partial charge in [0.25, 0.3) is 5.91 Å². The zero-order valence-electron chi connectivity index (χ0n) is 12.7. The molecular weight excluding hydrogens is 272 g/mol. The number of nitrogens with one attached hydrogen (secondary N) is 2. The van der Waals surface area contributed by atoms with Gasteiger partial charge in [0.15, 0.2) is 11.5 Å². The van der Waals surface area contributed by atoms with E-state index in [0.717, 1.165) is 12.8 Å². The van der Waals surface area contributed by atoms with Crippen LogP contribution in [0.3, 0.4) is 0 Å². The van der Waals surface area contributed by atoms with Crippen molar-refractivity contribution in [1.82, 2.24) is 10.9 Å². The molecule has 0 saturated carbocycles. The van der Waals surface area contributed by atoms with Crippen LogP contribution >= 0.6 is 0 Å². The largest absolute Gasteiger partial charge is 0.493 e. The van der Waals surface area contributed by atoms with Crippen LogP contribution in [0.4, 0.5) is 0 Å². The fourth-order valence-corrected chi connectivity index (χ4v) is 1.63. The van der Waals surface area contributed by atoms with E-state index in [1.165, 1.54) is 7.11 Å². The average Bonchev–Trinajstić information content (AvgIpc) is 2.50. The lowest BCUT2D eigenvalue weighted by atomic mass is 10.2. The van der Waals surface area contributed by atoms with Gasteiger partial charge in [-0.1, -0.05) is 13.8 Å². The quantitative estimate of drug-likeness (QED) is 0.755. The molecule has 2 N–H and O–H groups in total. The molecule has 21 heavy (non-hydrogen) atoms. The predicted octanol–water partition coefficient (Wildman–Crippen LogP) is 2.05. The molecule has 0 radical (unpaired) electrons. The molecule has 0 unspecified atom stereocenters. The Morgan fingerprint density at radius 1 is 1.10 bits per heavy atom. The second-order valence-corrected chi connectivity index (χ2v) is 4.47. The number of amides is 2. The molecule has 0 atom stereocenters. The molecule has 2 amide bonds. The van der Waals surface area contributed by atoms with E-state index in [0.29, 0.717) is 30.1 Å². The standard InChI is InChI=1S/C15H22N2O4/c1-4-6-14(18)16-17-15(19)11-7-8-12(21-9-5-2)13(10-11)20-3/h7-8,10H,4-6,9H2,1-3H3,(H,16,18)(H,17,19). The Bertz CT molecular complexity index is 489. The molecule has 6 heteroatoms. The number of hydrogen-bond donors (Lipinski definition) is 2. The van der Waals surface area contributed by atoms with Crippen LogP contribution in [0.1, 0.15) is 43.5 Å². The molecule has 0 aliphatic rings. The van der Waals surface area contributed by atoms with Crippen molar-refractivity contribution in [3.8, 4) is 11.5 Å². The normalized spacial score (nSPS) is 9.86. The number of rotatable bonds is 7. The first-order valence-corrected chi connectivity index (χ1v) is 7.02. The molecule has 1 aromatic rings. The van der Waals surface area contributed by atoms with E-state index in [9.17, 15) is 9.59 Å². The van der Waals surface area contributed by atoms with Crippen molar-refractivity contribution in [1.29, 1.82) is 0 Å². The first kappa shape index (κ1) is 16.8. The van der Waals surface area contributed by atoms with E-state index in [2.05, 4.69) is 10.9 Å². The maximum absolute atomic E-state index is 11.9. The summed E-state index contributed by atoms with van der Waals surface area (Å²) in [4.78, 5) is 23.2. The zero-order valence-corrected chi connectivity index (χ0v) is 12.7. The molecule has 1 aromatic carbocycles. The van der Waals surface area contributed by atoms with Crippen LogP contribution in [0.2, 0.25) is 0 Å². The van der Waals surface area contributed by atoms with E-state index in [4.69, 9.17) is 9.47 Å². The van der Waals surface area contributed by atoms with Crippen LogP contribution in [-0.4, -0.2) is 25.5 Å². The SMILES string of the molecule is CCCOc1ccc(C(=O)NNC(=O)CCC)cc1OC. The van der Waals surface area contributed by atoms with E-state index < -0.39 is 5.91 Å². The van der Waals surface area contributed by atoms with Gasteiger partial charge in [0.05, 0.1) is 13.7 Å². The van der Waals surface area contributed by atoms with Gasteiger partial charge < -0.3 is 9.47 Å². The van der Waals surface area contributed by atoms with Gasteiger partial charge in [-0.25, -0.2) is 0 Å². The van der Waals surface area contributed by atoms with Crippen LogP contribution in [0.25, 0.3) is 0 Å². The third-order valence-electron chi connectivity index (χ3n) is 2.68.